The van der Waals surface area contributed by atoms with Crippen molar-refractivity contribution in [1.82, 2.24) is 19.9 Å². The number of piperidine rings is 1. The Morgan fingerprint density at radius 3 is 2.57 bits per heavy atom. The number of H-pyrrole nitrogens is 1. The number of aromatic amines is 1. The minimum atomic E-state index is -1.78. The molecule has 0 bridgehead atoms. The first-order valence-corrected chi connectivity index (χ1v) is 16.2. The van der Waals surface area contributed by atoms with E-state index in [-0.39, 0.29) is 23.8 Å². The van der Waals surface area contributed by atoms with E-state index in [1.165, 1.54) is 0 Å². The summed E-state index contributed by atoms with van der Waals surface area (Å²) in [5.74, 6) is 0.814. The summed E-state index contributed by atoms with van der Waals surface area (Å²) in [5.41, 5.74) is 2.94. The number of hydrogen-bond acceptors (Lipinski definition) is 6. The Balaban J connectivity index is 1.25. The molecule has 200 valence electrons. The van der Waals surface area contributed by atoms with E-state index < -0.39 is 8.32 Å². The average molecular weight is 524 g/mol. The first-order valence-electron chi connectivity index (χ1n) is 13.3. The largest absolute Gasteiger partial charge is 0.445 e. The van der Waals surface area contributed by atoms with Gasteiger partial charge in [0.1, 0.15) is 24.4 Å². The molecule has 9 heteroatoms. The van der Waals surface area contributed by atoms with E-state index in [4.69, 9.17) is 9.16 Å². The van der Waals surface area contributed by atoms with Crippen LogP contribution in [0.4, 0.5) is 10.6 Å². The summed E-state index contributed by atoms with van der Waals surface area (Å²) in [5, 5.41) is 4.57. The lowest BCUT2D eigenvalue weighted by Crippen LogP contribution is -2.44. The number of benzene rings is 1. The number of nitrogens with one attached hydrogen (secondary N) is 2. The van der Waals surface area contributed by atoms with Gasteiger partial charge in [0.25, 0.3) is 0 Å². The number of ether oxygens (including phenoxy) is 1. The van der Waals surface area contributed by atoms with E-state index in [0.29, 0.717) is 6.61 Å². The predicted molar refractivity (Wildman–Crippen MR) is 150 cm³/mol. The van der Waals surface area contributed by atoms with Gasteiger partial charge in [0.05, 0.1) is 12.0 Å². The smallest absolute Gasteiger partial charge is 0.410 e. The van der Waals surface area contributed by atoms with Crippen molar-refractivity contribution >= 4 is 31.3 Å². The fourth-order valence-corrected chi connectivity index (χ4v) is 5.31. The van der Waals surface area contributed by atoms with Gasteiger partial charge < -0.3 is 24.4 Å². The number of anilines is 1. The van der Waals surface area contributed by atoms with E-state index in [1.807, 2.05) is 29.3 Å². The molecule has 2 aromatic heterocycles. The monoisotopic (exact) mass is 523 g/mol. The summed E-state index contributed by atoms with van der Waals surface area (Å²) in [6.45, 7) is 13.6. The zero-order chi connectivity index (χ0) is 26.5. The maximum atomic E-state index is 13.0. The quantitative estimate of drug-likeness (QED) is 0.312. The van der Waals surface area contributed by atoms with Crippen molar-refractivity contribution in [3.8, 4) is 0 Å². The summed E-state index contributed by atoms with van der Waals surface area (Å²) >= 11 is 0. The molecule has 1 aromatic carbocycles. The van der Waals surface area contributed by atoms with Crippen LogP contribution in [0.5, 0.6) is 0 Å². The standard InChI is InChI=1S/C28H41N5O3Si/c1-28(2,3)37(4,5)36-19-22-11-9-21(10-12-22)18-35-27(34)33-17-7-6-8-23(33)13-15-29-25-24-14-16-30-26(24)32-20-31-25/h9-12,14,16,20,23H,6-8,13,15,17-19H2,1-5H3,(H2,29,30,31,32). The minimum Gasteiger partial charge on any atom is -0.445 e. The van der Waals surface area contributed by atoms with Crippen molar-refractivity contribution in [3.63, 3.8) is 0 Å². The fourth-order valence-electron chi connectivity index (χ4n) is 4.35. The summed E-state index contributed by atoms with van der Waals surface area (Å²) in [6, 6.07) is 10.3. The zero-order valence-corrected chi connectivity index (χ0v) is 23.8. The van der Waals surface area contributed by atoms with Crippen LogP contribution in [-0.2, 0) is 22.4 Å². The Labute approximate surface area is 221 Å². The van der Waals surface area contributed by atoms with Gasteiger partial charge in [0.15, 0.2) is 8.32 Å². The van der Waals surface area contributed by atoms with Gasteiger partial charge in [-0.3, -0.25) is 0 Å². The predicted octanol–water partition coefficient (Wildman–Crippen LogP) is 6.47. The molecule has 0 saturated carbocycles. The van der Waals surface area contributed by atoms with Gasteiger partial charge >= 0.3 is 6.09 Å². The van der Waals surface area contributed by atoms with Gasteiger partial charge in [-0.1, -0.05) is 45.0 Å². The first kappa shape index (κ1) is 27.1. The highest BCUT2D eigenvalue weighted by Crippen LogP contribution is 2.37. The number of hydrogen-bond donors (Lipinski definition) is 2. The lowest BCUT2D eigenvalue weighted by Gasteiger charge is -2.36. The van der Waals surface area contributed by atoms with Gasteiger partial charge in [-0.05, 0) is 61.0 Å². The number of aromatic nitrogens is 3. The van der Waals surface area contributed by atoms with Crippen molar-refractivity contribution in [2.75, 3.05) is 18.4 Å². The Bertz CT molecular complexity index is 1170. The van der Waals surface area contributed by atoms with Crippen LogP contribution in [0.1, 0.15) is 57.6 Å². The van der Waals surface area contributed by atoms with Crippen LogP contribution in [0, 0.1) is 0 Å². The van der Waals surface area contributed by atoms with Gasteiger partial charge in [0.2, 0.25) is 0 Å². The Morgan fingerprint density at radius 2 is 1.84 bits per heavy atom. The maximum Gasteiger partial charge on any atom is 0.410 e. The topological polar surface area (TPSA) is 92.4 Å². The number of nitrogens with zero attached hydrogens (tertiary/aromatic N) is 3. The maximum absolute atomic E-state index is 13.0. The molecule has 1 aliphatic heterocycles. The second-order valence-corrected chi connectivity index (χ2v) is 16.3. The number of likely N-dealkylation sites (tertiary alicyclic amines) is 1. The van der Waals surface area contributed by atoms with E-state index >= 15 is 0 Å². The van der Waals surface area contributed by atoms with Crippen LogP contribution < -0.4 is 5.32 Å². The van der Waals surface area contributed by atoms with E-state index in [0.717, 1.165) is 66.8 Å². The molecule has 3 aromatic rings. The molecule has 0 spiro atoms. The van der Waals surface area contributed by atoms with E-state index in [1.54, 1.807) is 6.33 Å². The van der Waals surface area contributed by atoms with Gasteiger partial charge in [-0.15, -0.1) is 0 Å². The molecule has 1 unspecified atom stereocenters. The normalized spacial score (nSPS) is 16.7. The van der Waals surface area contributed by atoms with Crippen molar-refractivity contribution in [3.05, 3.63) is 54.0 Å². The van der Waals surface area contributed by atoms with Crippen LogP contribution in [0.25, 0.3) is 11.0 Å². The third kappa shape index (κ3) is 6.90. The summed E-state index contributed by atoms with van der Waals surface area (Å²) in [7, 11) is -1.78. The molecule has 4 rings (SSSR count). The Hall–Kier alpha value is -2.91. The van der Waals surface area contributed by atoms with Gasteiger partial charge in [-0.2, -0.15) is 0 Å². The second-order valence-electron chi connectivity index (χ2n) is 11.4. The molecule has 1 atom stereocenters. The second kappa shape index (κ2) is 11.6. The molecule has 37 heavy (non-hydrogen) atoms. The minimum absolute atomic E-state index is 0.159. The summed E-state index contributed by atoms with van der Waals surface area (Å²) in [4.78, 5) is 26.6. The number of carbonyl (C=O) groups is 1. The first-order chi connectivity index (χ1) is 17.6. The third-order valence-corrected chi connectivity index (χ3v) is 12.3. The van der Waals surface area contributed by atoms with Crippen LogP contribution in [0.15, 0.2) is 42.9 Å². The van der Waals surface area contributed by atoms with Crippen LogP contribution in [-0.4, -0.2) is 53.4 Å². The fraction of sp³-hybridized carbons (Fsp3) is 0.536. The summed E-state index contributed by atoms with van der Waals surface area (Å²) < 4.78 is 12.0. The lowest BCUT2D eigenvalue weighted by atomic mass is 10.00. The highest BCUT2D eigenvalue weighted by molar-refractivity contribution is 6.74. The van der Waals surface area contributed by atoms with Crippen molar-refractivity contribution < 1.29 is 14.0 Å². The lowest BCUT2D eigenvalue weighted by molar-refractivity contribution is 0.0668. The van der Waals surface area contributed by atoms with Crippen LogP contribution in [0.3, 0.4) is 0 Å². The molecule has 0 aliphatic carbocycles. The van der Waals surface area contributed by atoms with Gasteiger partial charge in [-0.25, -0.2) is 14.8 Å². The molecule has 1 amide bonds. The van der Waals surface area contributed by atoms with Crippen molar-refractivity contribution in [1.29, 1.82) is 0 Å². The molecule has 0 radical (unpaired) electrons. The molecule has 3 heterocycles. The highest BCUT2D eigenvalue weighted by Gasteiger charge is 2.37. The van der Waals surface area contributed by atoms with Crippen LogP contribution in [0.2, 0.25) is 18.1 Å². The summed E-state index contributed by atoms with van der Waals surface area (Å²) in [6.07, 6.45) is 7.15. The van der Waals surface area contributed by atoms with Crippen molar-refractivity contribution in [2.45, 2.75) is 83.8 Å². The molecular weight excluding hydrogens is 482 g/mol. The zero-order valence-electron chi connectivity index (χ0n) is 22.8. The Morgan fingerprint density at radius 1 is 1.11 bits per heavy atom. The van der Waals surface area contributed by atoms with Gasteiger partial charge in [0, 0.05) is 25.3 Å². The highest BCUT2D eigenvalue weighted by atomic mass is 28.4. The molecule has 2 N–H and O–H groups in total. The molecule has 8 nitrogen and oxygen atoms in total. The molecule has 1 aliphatic rings. The number of carbonyl (C=O) groups excluding carboxylic acids is 1. The number of fused-ring (bicyclic) bond motifs is 1. The molecular formula is C28H41N5O3Si. The van der Waals surface area contributed by atoms with Crippen LogP contribution >= 0.6 is 0 Å². The average Bonchev–Trinajstić information content (AvgIpc) is 3.36. The van der Waals surface area contributed by atoms with E-state index in [9.17, 15) is 4.79 Å². The number of amides is 1. The van der Waals surface area contributed by atoms with Crippen molar-refractivity contribution in [2.24, 2.45) is 0 Å². The molecule has 1 fully saturated rings. The Kier molecular flexibility index (Phi) is 8.54. The SMILES string of the molecule is CC(C)(C)[Si](C)(C)OCc1ccc(COC(=O)N2CCCCC2CCNc2ncnc3[nH]ccc23)cc1. The number of rotatable bonds is 9. The third-order valence-electron chi connectivity index (χ3n) is 7.78. The molecule has 1 saturated heterocycles. The van der Waals surface area contributed by atoms with E-state index in [2.05, 4.69) is 66.3 Å².